The van der Waals surface area contributed by atoms with Crippen LogP contribution in [-0.4, -0.2) is 21.8 Å². The number of amides is 2. The molecule has 0 saturated carbocycles. The van der Waals surface area contributed by atoms with Crippen LogP contribution in [0.25, 0.3) is 22.3 Å². The Morgan fingerprint density at radius 2 is 0.829 bits per heavy atom. The molecule has 4 atom stereocenters. The third kappa shape index (κ3) is 7.94. The van der Waals surface area contributed by atoms with Crippen molar-refractivity contribution in [1.82, 2.24) is 20.6 Å². The number of nitrogens with one attached hydrogen (secondary N) is 2. The van der Waals surface area contributed by atoms with Crippen LogP contribution in [-0.2, 0) is 22.6 Å². The smallest absolute Gasteiger partial charge is 0.251 e. The first-order valence-corrected chi connectivity index (χ1v) is 23.2. The van der Waals surface area contributed by atoms with E-state index in [1.165, 1.54) is 24.3 Å². The van der Waals surface area contributed by atoms with Crippen molar-refractivity contribution in [2.75, 3.05) is 11.5 Å². The summed E-state index contributed by atoms with van der Waals surface area (Å²) in [6.45, 7) is 8.48. The maximum Gasteiger partial charge on any atom is 0.251 e. The molecule has 12 rings (SSSR count). The summed E-state index contributed by atoms with van der Waals surface area (Å²) in [4.78, 5) is 34.6. The lowest BCUT2D eigenvalue weighted by atomic mass is 9.84. The first-order valence-electron chi connectivity index (χ1n) is 23.2. The average molecular weight is 931 g/mol. The van der Waals surface area contributed by atoms with Gasteiger partial charge in [-0.25, -0.2) is 18.7 Å². The minimum atomic E-state index is -0.262. The van der Waals surface area contributed by atoms with Crippen molar-refractivity contribution in [2.24, 2.45) is 0 Å². The Hall–Kier alpha value is -8.06. The Bertz CT molecular complexity index is 3440. The largest absolute Gasteiger partial charge is 0.384 e. The number of pyridine rings is 2. The van der Waals surface area contributed by atoms with Crippen LogP contribution >= 0.6 is 0 Å². The number of hydrogen-bond acceptors (Lipinski definition) is 8. The lowest BCUT2D eigenvalue weighted by Gasteiger charge is -2.18. The number of fused-ring (bicyclic) bond motifs is 16. The Balaban J connectivity index is 0.000000152. The zero-order valence-corrected chi connectivity index (χ0v) is 38.9. The summed E-state index contributed by atoms with van der Waals surface area (Å²) >= 11 is 0. The van der Waals surface area contributed by atoms with Gasteiger partial charge in [0.25, 0.3) is 11.8 Å². The van der Waals surface area contributed by atoms with Gasteiger partial charge in [0.2, 0.25) is 0 Å². The fourth-order valence-corrected chi connectivity index (χ4v) is 10.5. The minimum absolute atomic E-state index is 0.144. The fourth-order valence-electron chi connectivity index (χ4n) is 10.5. The van der Waals surface area contributed by atoms with Crippen molar-refractivity contribution in [3.05, 3.63) is 234 Å². The standard InChI is InChI=1S/2C29H24FN3O2/c1-15-10-26(31)33-16(2)25(15)14-32-29(34)19-7-9-22-24(13-19)28-21-8-6-18(12-23(21)27(22)35-28)17-4-3-5-20(30)11-17;1-15-10-26(31)33-16(2)25(15)14-32-29(34)19-7-9-22-24(13-19)28-23-12-18(6-8-21(23)27(22)35-28)17-4-3-5-20(30)11-17/h2*3-13,27-28H,14H2,1-2H3,(H2,31,33)(H,32,34). The van der Waals surface area contributed by atoms with Crippen molar-refractivity contribution in [2.45, 2.75) is 65.2 Å². The summed E-state index contributed by atoms with van der Waals surface area (Å²) in [6.07, 6.45) is -0.765. The summed E-state index contributed by atoms with van der Waals surface area (Å²) in [5.41, 5.74) is 30.5. The molecule has 348 valence electrons. The molecule has 2 aromatic heterocycles. The van der Waals surface area contributed by atoms with Crippen LogP contribution in [0.4, 0.5) is 20.4 Å². The van der Waals surface area contributed by atoms with Crippen molar-refractivity contribution < 1.29 is 27.8 Å². The van der Waals surface area contributed by atoms with Gasteiger partial charge < -0.3 is 31.6 Å². The van der Waals surface area contributed by atoms with Crippen LogP contribution in [0, 0.1) is 39.3 Å². The predicted octanol–water partition coefficient (Wildman–Crippen LogP) is 11.1. The third-order valence-electron chi connectivity index (χ3n) is 14.0. The van der Waals surface area contributed by atoms with E-state index < -0.39 is 0 Å². The summed E-state index contributed by atoms with van der Waals surface area (Å²) < 4.78 is 40.1. The van der Waals surface area contributed by atoms with E-state index in [4.69, 9.17) is 20.9 Å². The lowest BCUT2D eigenvalue weighted by molar-refractivity contribution is 0.0856. The molecule has 8 aromatic rings. The number of rotatable bonds is 8. The number of aryl methyl sites for hydroxylation is 4. The van der Waals surface area contributed by atoms with Gasteiger partial charge in [0.1, 0.15) is 47.7 Å². The second kappa shape index (κ2) is 17.5. The normalized spacial score (nSPS) is 17.2. The number of ether oxygens (including phenoxy) is 2. The highest BCUT2D eigenvalue weighted by molar-refractivity contribution is 5.95. The van der Waals surface area contributed by atoms with Crippen LogP contribution < -0.4 is 22.1 Å². The van der Waals surface area contributed by atoms with E-state index in [0.717, 1.165) is 100 Å². The number of carbonyl (C=O) groups is 2. The second-order valence-electron chi connectivity index (χ2n) is 18.4. The molecule has 6 aromatic carbocycles. The van der Waals surface area contributed by atoms with Crippen LogP contribution in [0.3, 0.4) is 0 Å². The first-order chi connectivity index (χ1) is 33.8. The number of halogens is 2. The van der Waals surface area contributed by atoms with Gasteiger partial charge in [-0.2, -0.15) is 0 Å². The quantitative estimate of drug-likeness (QED) is 0.117. The summed E-state index contributed by atoms with van der Waals surface area (Å²) in [5.74, 6) is 0.140. The SMILES string of the molecule is Cc1cc(N)nc(C)c1CNC(=O)c1ccc2c(c1)C1OC2c2cc(-c3cccc(F)c3)ccc21.Cc1cc(N)nc(C)c1CNC(=O)c1ccc2c(c1)C1OC2c2ccc(-c3cccc(F)c3)cc21. The highest BCUT2D eigenvalue weighted by atomic mass is 19.1. The average Bonchev–Trinajstić information content (AvgIpc) is 4.12. The molecule has 12 heteroatoms. The Kier molecular flexibility index (Phi) is 11.1. The van der Waals surface area contributed by atoms with Crippen LogP contribution in [0.5, 0.6) is 0 Å². The van der Waals surface area contributed by atoms with Crippen LogP contribution in [0.2, 0.25) is 0 Å². The molecule has 4 aliphatic heterocycles. The molecule has 0 aliphatic carbocycles. The van der Waals surface area contributed by atoms with E-state index in [9.17, 15) is 18.4 Å². The Morgan fingerprint density at radius 1 is 0.471 bits per heavy atom. The lowest BCUT2D eigenvalue weighted by Crippen LogP contribution is -2.24. The number of hydrogen-bond donors (Lipinski definition) is 4. The summed E-state index contributed by atoms with van der Waals surface area (Å²) in [7, 11) is 0. The van der Waals surface area contributed by atoms with Crippen molar-refractivity contribution in [3.8, 4) is 22.3 Å². The molecule has 0 spiro atoms. The number of aromatic nitrogens is 2. The number of carbonyl (C=O) groups excluding carboxylic acids is 2. The maximum absolute atomic E-state index is 13.8. The van der Waals surface area contributed by atoms with Crippen LogP contribution in [0.15, 0.2) is 133 Å². The highest BCUT2D eigenvalue weighted by Gasteiger charge is 2.44. The molecule has 4 unspecified atom stereocenters. The number of nitrogens with zero attached hydrogens (tertiary/aromatic N) is 2. The van der Waals surface area contributed by atoms with Gasteiger partial charge in [-0.3, -0.25) is 9.59 Å². The van der Waals surface area contributed by atoms with Gasteiger partial charge in [-0.15, -0.1) is 0 Å². The monoisotopic (exact) mass is 930 g/mol. The van der Waals surface area contributed by atoms with Crippen molar-refractivity contribution in [3.63, 3.8) is 0 Å². The topological polar surface area (TPSA) is 154 Å². The Morgan fingerprint density at radius 3 is 1.23 bits per heavy atom. The van der Waals surface area contributed by atoms with Crippen LogP contribution in [0.1, 0.15) is 123 Å². The second-order valence-corrected chi connectivity index (χ2v) is 18.4. The zero-order valence-electron chi connectivity index (χ0n) is 38.9. The maximum atomic E-state index is 13.8. The number of benzene rings is 6. The minimum Gasteiger partial charge on any atom is -0.384 e. The van der Waals surface area contributed by atoms with Gasteiger partial charge in [0.15, 0.2) is 0 Å². The molecule has 0 radical (unpaired) electrons. The molecule has 4 aliphatic rings. The molecule has 70 heavy (non-hydrogen) atoms. The van der Waals surface area contributed by atoms with E-state index in [-0.39, 0.29) is 47.9 Å². The van der Waals surface area contributed by atoms with E-state index in [1.807, 2.05) is 100 Å². The molecule has 6 heterocycles. The van der Waals surface area contributed by atoms with Crippen molar-refractivity contribution >= 4 is 23.5 Å². The van der Waals surface area contributed by atoms with E-state index in [2.05, 4.69) is 44.9 Å². The molecule has 0 fully saturated rings. The molecule has 0 saturated heterocycles. The van der Waals surface area contributed by atoms with Gasteiger partial charge in [-0.05, 0) is 190 Å². The number of nitrogen functional groups attached to an aromatic ring is 2. The van der Waals surface area contributed by atoms with Gasteiger partial charge >= 0.3 is 0 Å². The number of anilines is 2. The first kappa shape index (κ1) is 44.4. The van der Waals surface area contributed by atoms with E-state index in [1.54, 1.807) is 12.1 Å². The summed E-state index contributed by atoms with van der Waals surface area (Å²) in [5, 5.41) is 6.02. The Labute approximate surface area is 403 Å². The van der Waals surface area contributed by atoms with Gasteiger partial charge in [0.05, 0.1) is 0 Å². The molecule has 6 N–H and O–H groups in total. The zero-order chi connectivity index (χ0) is 48.5. The molecule has 4 bridgehead atoms. The van der Waals surface area contributed by atoms with E-state index >= 15 is 0 Å². The third-order valence-corrected chi connectivity index (χ3v) is 14.0. The van der Waals surface area contributed by atoms with Gasteiger partial charge in [-0.1, -0.05) is 60.7 Å². The fraction of sp³-hybridized carbons (Fsp3) is 0.172. The highest BCUT2D eigenvalue weighted by Crippen LogP contribution is 2.56. The van der Waals surface area contributed by atoms with E-state index in [0.29, 0.717) is 35.9 Å². The predicted molar refractivity (Wildman–Crippen MR) is 265 cm³/mol. The summed E-state index contributed by atoms with van der Waals surface area (Å²) in [6, 6.07) is 40.6. The van der Waals surface area contributed by atoms with Gasteiger partial charge in [0, 0.05) is 35.6 Å². The number of nitrogens with two attached hydrogens (primary N) is 2. The molecule has 2 amide bonds. The molecular weight excluding hydrogens is 883 g/mol. The molecular formula is C58H48F2N6O4. The van der Waals surface area contributed by atoms with Crippen molar-refractivity contribution in [1.29, 1.82) is 0 Å². The molecule has 10 nitrogen and oxygen atoms in total.